The Morgan fingerprint density at radius 3 is 2.30 bits per heavy atom. The molecule has 148 valence electrons. The summed E-state index contributed by atoms with van der Waals surface area (Å²) in [5.41, 5.74) is 2.27. The second-order valence-electron chi connectivity index (χ2n) is 6.66. The highest BCUT2D eigenvalue weighted by Crippen LogP contribution is 2.34. The van der Waals surface area contributed by atoms with Crippen LogP contribution in [0.1, 0.15) is 26.3 Å². The lowest BCUT2D eigenvalue weighted by molar-refractivity contribution is 0.104. The third kappa shape index (κ3) is 3.54. The Morgan fingerprint density at radius 1 is 0.867 bits per heavy atom. The van der Waals surface area contributed by atoms with Crippen molar-refractivity contribution < 1.29 is 29.3 Å². The third-order valence-corrected chi connectivity index (χ3v) is 4.67. The van der Waals surface area contributed by atoms with Crippen LogP contribution in [0.4, 0.5) is 0 Å². The molecule has 0 unspecified atom stereocenters. The number of benzene rings is 3. The second-order valence-corrected chi connectivity index (χ2v) is 6.66. The number of allylic oxidation sites excluding steroid dienone is 1. The largest absolute Gasteiger partial charge is 0.508 e. The van der Waals surface area contributed by atoms with E-state index in [0.717, 1.165) is 6.07 Å². The van der Waals surface area contributed by atoms with Gasteiger partial charge >= 0.3 is 0 Å². The Morgan fingerprint density at radius 2 is 1.60 bits per heavy atom. The van der Waals surface area contributed by atoms with Gasteiger partial charge in [0.15, 0.2) is 12.1 Å². The van der Waals surface area contributed by atoms with E-state index in [1.54, 1.807) is 36.4 Å². The average Bonchev–Trinajstić information content (AvgIpc) is 3.10. The Labute approximate surface area is 170 Å². The summed E-state index contributed by atoms with van der Waals surface area (Å²) < 4.78 is 5.83. The van der Waals surface area contributed by atoms with Crippen molar-refractivity contribution in [2.75, 3.05) is 0 Å². The first-order valence-corrected chi connectivity index (χ1v) is 9.02. The lowest BCUT2D eigenvalue weighted by atomic mass is 10.0. The maximum Gasteiger partial charge on any atom is 0.189 e. The van der Waals surface area contributed by atoms with Crippen molar-refractivity contribution in [2.24, 2.45) is 0 Å². The fraction of sp³-hybridized carbons (Fsp3) is 0. The number of fused-ring (bicyclic) bond motifs is 1. The standard InChI is InChI=1S/C24H16O6/c25-13-20-19-11-14(1-9-21(28)18-8-7-17(27)12-22(18)29)2-10-23(19)30-24(20)15-3-5-16(26)6-4-15/h1-13,26-27,29H. The highest BCUT2D eigenvalue weighted by molar-refractivity contribution is 6.09. The van der Waals surface area contributed by atoms with Crippen LogP contribution < -0.4 is 0 Å². The number of rotatable bonds is 5. The van der Waals surface area contributed by atoms with E-state index in [4.69, 9.17) is 4.42 Å². The maximum atomic E-state index is 12.3. The minimum atomic E-state index is -0.430. The van der Waals surface area contributed by atoms with Crippen LogP contribution in [0.25, 0.3) is 28.4 Å². The molecule has 0 aliphatic carbocycles. The Hall–Kier alpha value is -4.32. The smallest absolute Gasteiger partial charge is 0.189 e. The Kier molecular flexibility index (Phi) is 4.82. The summed E-state index contributed by atoms with van der Waals surface area (Å²) in [5.74, 6) is -0.369. The van der Waals surface area contributed by atoms with Crippen LogP contribution in [0.2, 0.25) is 0 Å². The molecule has 0 aliphatic heterocycles. The zero-order valence-electron chi connectivity index (χ0n) is 15.6. The van der Waals surface area contributed by atoms with E-state index in [9.17, 15) is 24.9 Å². The summed E-state index contributed by atoms with van der Waals surface area (Å²) in [4.78, 5) is 24.1. The predicted molar refractivity (Wildman–Crippen MR) is 112 cm³/mol. The summed E-state index contributed by atoms with van der Waals surface area (Å²) in [6, 6.07) is 15.3. The Bertz CT molecular complexity index is 1300. The van der Waals surface area contributed by atoms with Gasteiger partial charge in [-0.3, -0.25) is 9.59 Å². The molecule has 0 aliphatic rings. The van der Waals surface area contributed by atoms with Crippen LogP contribution in [0.3, 0.4) is 0 Å². The number of phenols is 3. The van der Waals surface area contributed by atoms with Gasteiger partial charge in [-0.1, -0.05) is 12.1 Å². The van der Waals surface area contributed by atoms with Gasteiger partial charge in [-0.05, 0) is 60.2 Å². The molecule has 0 amide bonds. The van der Waals surface area contributed by atoms with Crippen LogP contribution in [0.5, 0.6) is 17.2 Å². The monoisotopic (exact) mass is 400 g/mol. The summed E-state index contributed by atoms with van der Waals surface area (Å²) in [6.45, 7) is 0. The van der Waals surface area contributed by atoms with E-state index >= 15 is 0 Å². The topological polar surface area (TPSA) is 108 Å². The summed E-state index contributed by atoms with van der Waals surface area (Å²) in [6.07, 6.45) is 3.58. The fourth-order valence-corrected chi connectivity index (χ4v) is 3.17. The number of aromatic hydroxyl groups is 3. The highest BCUT2D eigenvalue weighted by atomic mass is 16.3. The molecule has 3 N–H and O–H groups in total. The van der Waals surface area contributed by atoms with Gasteiger partial charge in [0.2, 0.25) is 0 Å². The first-order valence-electron chi connectivity index (χ1n) is 9.02. The molecule has 4 aromatic rings. The lowest BCUT2D eigenvalue weighted by Crippen LogP contribution is -1.94. The van der Waals surface area contributed by atoms with Crippen molar-refractivity contribution in [3.63, 3.8) is 0 Å². The summed E-state index contributed by atoms with van der Waals surface area (Å²) in [5, 5.41) is 29.2. The average molecular weight is 400 g/mol. The van der Waals surface area contributed by atoms with Gasteiger partial charge in [-0.2, -0.15) is 0 Å². The molecule has 0 saturated heterocycles. The van der Waals surface area contributed by atoms with E-state index < -0.39 is 5.78 Å². The van der Waals surface area contributed by atoms with Gasteiger partial charge in [0.25, 0.3) is 0 Å². The van der Waals surface area contributed by atoms with Crippen molar-refractivity contribution >= 4 is 29.1 Å². The number of ketones is 1. The molecule has 0 saturated carbocycles. The highest BCUT2D eigenvalue weighted by Gasteiger charge is 2.16. The van der Waals surface area contributed by atoms with Crippen LogP contribution in [-0.2, 0) is 0 Å². The first kappa shape index (κ1) is 19.0. The number of phenolic OH excluding ortho intramolecular Hbond substituents is 3. The SMILES string of the molecule is O=Cc1c(-c2ccc(O)cc2)oc2ccc(C=CC(=O)c3ccc(O)cc3O)cc12. The molecule has 6 nitrogen and oxygen atoms in total. The lowest BCUT2D eigenvalue weighted by Gasteiger charge is -2.01. The molecule has 1 heterocycles. The van der Waals surface area contributed by atoms with Gasteiger partial charge in [0.1, 0.15) is 28.6 Å². The van der Waals surface area contributed by atoms with E-state index in [-0.39, 0.29) is 22.8 Å². The number of hydrogen-bond donors (Lipinski definition) is 3. The molecule has 0 bridgehead atoms. The number of furan rings is 1. The number of carbonyl (C=O) groups excluding carboxylic acids is 2. The predicted octanol–water partition coefficient (Wildman–Crippen LogP) is 4.93. The van der Waals surface area contributed by atoms with Crippen molar-refractivity contribution in [1.82, 2.24) is 0 Å². The summed E-state index contributed by atoms with van der Waals surface area (Å²) in [7, 11) is 0. The first-order chi connectivity index (χ1) is 14.5. The maximum absolute atomic E-state index is 12.3. The fourth-order valence-electron chi connectivity index (χ4n) is 3.17. The molecule has 0 spiro atoms. The van der Waals surface area contributed by atoms with E-state index in [0.29, 0.717) is 39.7 Å². The molecule has 6 heteroatoms. The van der Waals surface area contributed by atoms with Gasteiger partial charge < -0.3 is 19.7 Å². The van der Waals surface area contributed by atoms with Crippen molar-refractivity contribution in [3.8, 4) is 28.6 Å². The molecular weight excluding hydrogens is 384 g/mol. The van der Waals surface area contributed by atoms with Crippen molar-refractivity contribution in [2.45, 2.75) is 0 Å². The minimum Gasteiger partial charge on any atom is -0.508 e. The quantitative estimate of drug-likeness (QED) is 0.249. The van der Waals surface area contributed by atoms with Crippen LogP contribution in [0.15, 0.2) is 71.2 Å². The number of aldehydes is 1. The second kappa shape index (κ2) is 7.60. The van der Waals surface area contributed by atoms with Gasteiger partial charge in [-0.15, -0.1) is 0 Å². The van der Waals surface area contributed by atoms with Gasteiger partial charge in [0, 0.05) is 17.0 Å². The molecular formula is C24H16O6. The Balaban J connectivity index is 1.69. The van der Waals surface area contributed by atoms with Crippen molar-refractivity contribution in [3.05, 3.63) is 83.4 Å². The zero-order valence-corrected chi connectivity index (χ0v) is 15.6. The van der Waals surface area contributed by atoms with E-state index in [1.807, 2.05) is 0 Å². The van der Waals surface area contributed by atoms with Gasteiger partial charge in [-0.25, -0.2) is 0 Å². The normalized spacial score (nSPS) is 11.2. The molecule has 30 heavy (non-hydrogen) atoms. The van der Waals surface area contributed by atoms with Crippen LogP contribution >= 0.6 is 0 Å². The van der Waals surface area contributed by atoms with E-state index in [1.165, 1.54) is 30.3 Å². The van der Waals surface area contributed by atoms with Gasteiger partial charge in [0.05, 0.1) is 11.1 Å². The molecule has 1 aromatic heterocycles. The van der Waals surface area contributed by atoms with Crippen LogP contribution in [0, 0.1) is 0 Å². The molecule has 0 fully saturated rings. The van der Waals surface area contributed by atoms with Crippen LogP contribution in [-0.4, -0.2) is 27.4 Å². The number of carbonyl (C=O) groups is 2. The third-order valence-electron chi connectivity index (χ3n) is 4.67. The molecule has 3 aromatic carbocycles. The van der Waals surface area contributed by atoms with Crippen molar-refractivity contribution in [1.29, 1.82) is 0 Å². The molecule has 0 radical (unpaired) electrons. The number of hydrogen-bond acceptors (Lipinski definition) is 6. The summed E-state index contributed by atoms with van der Waals surface area (Å²) >= 11 is 0. The minimum absolute atomic E-state index is 0.0663. The van der Waals surface area contributed by atoms with E-state index in [2.05, 4.69) is 0 Å². The molecule has 0 atom stereocenters. The molecule has 4 rings (SSSR count). The zero-order chi connectivity index (χ0) is 21.3.